The van der Waals surface area contributed by atoms with E-state index in [2.05, 4.69) is 5.32 Å². The van der Waals surface area contributed by atoms with Crippen LogP contribution >= 0.6 is 0 Å². The van der Waals surface area contributed by atoms with Crippen LogP contribution in [-0.4, -0.2) is 24.3 Å². The van der Waals surface area contributed by atoms with Gasteiger partial charge in [-0.3, -0.25) is 14.4 Å². The number of carbonyl (C=O) groups is 3. The topological polar surface area (TPSA) is 72.5 Å². The quantitative estimate of drug-likeness (QED) is 0.515. The van der Waals surface area contributed by atoms with Crippen molar-refractivity contribution in [3.05, 3.63) is 65.7 Å². The van der Waals surface area contributed by atoms with Gasteiger partial charge in [-0.25, -0.2) is 0 Å². The largest absolute Gasteiger partial charge is 0.455 e. The van der Waals surface area contributed by atoms with Crippen LogP contribution in [0.5, 0.6) is 0 Å². The van der Waals surface area contributed by atoms with Crippen molar-refractivity contribution in [2.45, 2.75) is 25.4 Å². The molecule has 0 spiro atoms. The van der Waals surface area contributed by atoms with E-state index in [-0.39, 0.29) is 23.3 Å². The molecule has 2 aromatic carbocycles. The van der Waals surface area contributed by atoms with E-state index in [0.29, 0.717) is 5.56 Å². The highest BCUT2D eigenvalue weighted by molar-refractivity contribution is 6.01. The van der Waals surface area contributed by atoms with Gasteiger partial charge in [-0.15, -0.1) is 0 Å². The fourth-order valence-corrected chi connectivity index (χ4v) is 5.01. The third-order valence-electron chi connectivity index (χ3n) is 6.37. The van der Waals surface area contributed by atoms with Gasteiger partial charge in [0, 0.05) is 17.2 Å². The predicted octanol–water partition coefficient (Wildman–Crippen LogP) is 4.73. The Balaban J connectivity index is 1.39. The first-order chi connectivity index (χ1) is 15.2. The van der Waals surface area contributed by atoms with E-state index in [1.54, 1.807) is 24.3 Å². The number of fused-ring (bicyclic) bond motifs is 2. The molecule has 0 saturated heterocycles. The number of anilines is 1. The van der Waals surface area contributed by atoms with E-state index in [4.69, 9.17) is 4.74 Å². The minimum absolute atomic E-state index is 0.0386. The van der Waals surface area contributed by atoms with Crippen LogP contribution < -0.4 is 5.32 Å². The Morgan fingerprint density at radius 2 is 1.62 bits per heavy atom. The van der Waals surface area contributed by atoms with Gasteiger partial charge in [0.1, 0.15) is 0 Å². The third kappa shape index (κ3) is 4.54. The van der Waals surface area contributed by atoms with Crippen LogP contribution in [0.15, 0.2) is 54.6 Å². The van der Waals surface area contributed by atoms with Gasteiger partial charge >= 0.3 is 12.1 Å². The molecular formula is C24H22F3NO4. The first-order valence-electron chi connectivity index (χ1n) is 10.5. The molecule has 2 bridgehead atoms. The molecule has 2 aliphatic rings. The van der Waals surface area contributed by atoms with Gasteiger partial charge < -0.3 is 10.1 Å². The molecular weight excluding hydrogens is 423 g/mol. The highest BCUT2D eigenvalue weighted by Gasteiger charge is 2.54. The maximum Gasteiger partial charge on any atom is 0.416 e. The number of hydrogen-bond acceptors (Lipinski definition) is 4. The number of nitrogens with one attached hydrogen (secondary N) is 1. The van der Waals surface area contributed by atoms with Gasteiger partial charge in [-0.2, -0.15) is 13.2 Å². The van der Waals surface area contributed by atoms with Crippen LogP contribution in [0.25, 0.3) is 0 Å². The van der Waals surface area contributed by atoms with E-state index >= 15 is 0 Å². The Kier molecular flexibility index (Phi) is 6.04. The summed E-state index contributed by atoms with van der Waals surface area (Å²) >= 11 is 0. The Morgan fingerprint density at radius 3 is 2.31 bits per heavy atom. The van der Waals surface area contributed by atoms with Crippen LogP contribution in [-0.2, 0) is 20.5 Å². The van der Waals surface area contributed by atoms with Gasteiger partial charge in [-0.05, 0) is 49.3 Å². The van der Waals surface area contributed by atoms with E-state index in [0.717, 1.165) is 31.4 Å². The molecule has 8 heteroatoms. The molecule has 168 valence electrons. The second-order valence-corrected chi connectivity index (χ2v) is 8.35. The summed E-state index contributed by atoms with van der Waals surface area (Å²) in [6.45, 7) is -0.630. The highest BCUT2D eigenvalue weighted by Crippen LogP contribution is 2.53. The fraction of sp³-hybridized carbons (Fsp3) is 0.375. The summed E-state index contributed by atoms with van der Waals surface area (Å²) < 4.78 is 43.7. The molecule has 0 radical (unpaired) electrons. The van der Waals surface area contributed by atoms with Crippen molar-refractivity contribution in [1.82, 2.24) is 0 Å². The molecule has 32 heavy (non-hydrogen) atoms. The van der Waals surface area contributed by atoms with E-state index in [9.17, 15) is 27.6 Å². The van der Waals surface area contributed by atoms with Crippen molar-refractivity contribution in [1.29, 1.82) is 0 Å². The molecule has 2 aliphatic carbocycles. The summed E-state index contributed by atoms with van der Waals surface area (Å²) in [5, 5.41) is 2.31. The average molecular weight is 445 g/mol. The Labute approximate surface area is 183 Å². The van der Waals surface area contributed by atoms with Gasteiger partial charge in [0.15, 0.2) is 12.4 Å². The maximum absolute atomic E-state index is 13.1. The Morgan fingerprint density at radius 1 is 0.938 bits per heavy atom. The van der Waals surface area contributed by atoms with Crippen LogP contribution in [0.2, 0.25) is 0 Å². The van der Waals surface area contributed by atoms with Crippen LogP contribution in [0, 0.1) is 23.7 Å². The molecule has 1 N–H and O–H groups in total. The van der Waals surface area contributed by atoms with Gasteiger partial charge in [-0.1, -0.05) is 36.4 Å². The molecule has 2 fully saturated rings. The molecule has 4 atom stereocenters. The van der Waals surface area contributed by atoms with Gasteiger partial charge in [0.05, 0.1) is 11.5 Å². The minimum Gasteiger partial charge on any atom is -0.455 e. The Bertz CT molecular complexity index is 1020. The SMILES string of the molecule is O=C(COC(=O)[C@@H]1[C@H]2CC[C@@H](C2)[C@@H]1C(=O)c1ccccc1)Nc1cccc(C(F)(F)F)c1. The van der Waals surface area contributed by atoms with Crippen molar-refractivity contribution in [3.63, 3.8) is 0 Å². The minimum atomic E-state index is -4.53. The number of Topliss-reactive ketones (excluding diaryl/α,β-unsaturated/α-hetero) is 1. The summed E-state index contributed by atoms with van der Waals surface area (Å²) in [7, 11) is 0. The summed E-state index contributed by atoms with van der Waals surface area (Å²) in [5.41, 5.74) is -0.389. The lowest BCUT2D eigenvalue weighted by molar-refractivity contribution is -0.154. The van der Waals surface area contributed by atoms with Crippen LogP contribution in [0.4, 0.5) is 18.9 Å². The fourth-order valence-electron chi connectivity index (χ4n) is 5.01. The second-order valence-electron chi connectivity index (χ2n) is 8.35. The molecule has 0 aromatic heterocycles. The lowest BCUT2D eigenvalue weighted by atomic mass is 9.75. The van der Waals surface area contributed by atoms with Gasteiger partial charge in [0.25, 0.3) is 5.91 Å². The molecule has 5 nitrogen and oxygen atoms in total. The lowest BCUT2D eigenvalue weighted by Crippen LogP contribution is -2.37. The number of carbonyl (C=O) groups excluding carboxylic acids is 3. The monoisotopic (exact) mass is 445 g/mol. The third-order valence-corrected chi connectivity index (χ3v) is 6.37. The summed E-state index contributed by atoms with van der Waals surface area (Å²) in [4.78, 5) is 38.0. The molecule has 0 unspecified atom stereocenters. The van der Waals surface area contributed by atoms with E-state index in [1.165, 1.54) is 12.1 Å². The molecule has 2 aromatic rings. The predicted molar refractivity (Wildman–Crippen MR) is 110 cm³/mol. The first kappa shape index (κ1) is 22.0. The zero-order valence-electron chi connectivity index (χ0n) is 17.1. The van der Waals surface area contributed by atoms with Crippen LogP contribution in [0.3, 0.4) is 0 Å². The van der Waals surface area contributed by atoms with E-state index < -0.39 is 42.1 Å². The highest BCUT2D eigenvalue weighted by atomic mass is 19.4. The molecule has 0 heterocycles. The molecule has 2 saturated carbocycles. The van der Waals surface area contributed by atoms with Crippen LogP contribution in [0.1, 0.15) is 35.2 Å². The number of ketones is 1. The smallest absolute Gasteiger partial charge is 0.416 e. The number of amides is 1. The van der Waals surface area contributed by atoms with Crippen molar-refractivity contribution >= 4 is 23.3 Å². The number of hydrogen-bond donors (Lipinski definition) is 1. The second kappa shape index (κ2) is 8.76. The summed E-state index contributed by atoms with van der Waals surface area (Å²) in [5.74, 6) is -2.37. The summed E-state index contributed by atoms with van der Waals surface area (Å²) in [6, 6.07) is 13.0. The number of halogens is 3. The number of benzene rings is 2. The molecule has 0 aliphatic heterocycles. The zero-order valence-corrected chi connectivity index (χ0v) is 17.1. The molecule has 1 amide bonds. The zero-order chi connectivity index (χ0) is 22.9. The van der Waals surface area contributed by atoms with Gasteiger partial charge in [0.2, 0.25) is 0 Å². The number of rotatable bonds is 6. The Hall–Kier alpha value is -3.16. The van der Waals surface area contributed by atoms with E-state index in [1.807, 2.05) is 6.07 Å². The number of alkyl halides is 3. The van der Waals surface area contributed by atoms with Crippen molar-refractivity contribution in [2.75, 3.05) is 11.9 Å². The number of ether oxygens (including phenoxy) is 1. The lowest BCUT2D eigenvalue weighted by Gasteiger charge is -2.28. The maximum atomic E-state index is 13.1. The average Bonchev–Trinajstić information content (AvgIpc) is 3.39. The van der Waals surface area contributed by atoms with Crippen molar-refractivity contribution in [3.8, 4) is 0 Å². The van der Waals surface area contributed by atoms with Crippen molar-refractivity contribution < 1.29 is 32.3 Å². The normalized spacial score (nSPS) is 24.2. The van der Waals surface area contributed by atoms with Crippen molar-refractivity contribution in [2.24, 2.45) is 23.7 Å². The first-order valence-corrected chi connectivity index (χ1v) is 10.5. The number of esters is 1. The standard InChI is InChI=1S/C24H22F3NO4/c25-24(26,27)17-7-4-8-18(12-17)28-19(29)13-32-23(31)21-16-10-9-15(11-16)20(21)22(30)14-5-2-1-3-6-14/h1-8,12,15-16,20-21H,9-11,13H2,(H,28,29)/t15-,16-,20-,21+/m0/s1. The molecule has 4 rings (SSSR count). The summed E-state index contributed by atoms with van der Waals surface area (Å²) in [6.07, 6.45) is -2.04.